The van der Waals surface area contributed by atoms with E-state index in [9.17, 15) is 0 Å². The van der Waals surface area contributed by atoms with Crippen molar-refractivity contribution in [3.05, 3.63) is 70.4 Å². The van der Waals surface area contributed by atoms with Crippen molar-refractivity contribution in [2.75, 3.05) is 24.1 Å². The number of nitrogens with two attached hydrogens (primary N) is 1. The Morgan fingerprint density at radius 1 is 1.22 bits per heavy atom. The Morgan fingerprint density at radius 3 is 2.72 bits per heavy atom. The third-order valence-electron chi connectivity index (χ3n) is 6.80. The van der Waals surface area contributed by atoms with Crippen molar-refractivity contribution in [2.45, 2.75) is 46.3 Å². The number of hydrogen-bond donors (Lipinski definition) is 2. The van der Waals surface area contributed by atoms with Crippen LogP contribution in [0.5, 0.6) is 0 Å². The largest absolute Gasteiger partial charge is 0.397 e. The summed E-state index contributed by atoms with van der Waals surface area (Å²) in [5.74, 6) is 0.406. The molecule has 0 unspecified atom stereocenters. The van der Waals surface area contributed by atoms with Gasteiger partial charge in [-0.1, -0.05) is 12.7 Å². The van der Waals surface area contributed by atoms with Gasteiger partial charge in [0.05, 0.1) is 30.7 Å². The number of hydrogen-bond acceptors (Lipinski definition) is 6. The first-order chi connectivity index (χ1) is 17.1. The van der Waals surface area contributed by atoms with E-state index in [2.05, 4.69) is 47.3 Å². The van der Waals surface area contributed by atoms with E-state index in [-0.39, 0.29) is 11.4 Å². The number of rotatable bonds is 7. The minimum absolute atomic E-state index is 0.0626. The fourth-order valence-corrected chi connectivity index (χ4v) is 4.61. The van der Waals surface area contributed by atoms with Gasteiger partial charge in [-0.25, -0.2) is 4.39 Å². The van der Waals surface area contributed by atoms with Crippen molar-refractivity contribution < 1.29 is 4.39 Å². The second-order valence-electron chi connectivity index (χ2n) is 9.81. The molecule has 188 valence electrons. The Kier molecular flexibility index (Phi) is 7.08. The highest BCUT2D eigenvalue weighted by Gasteiger charge is 2.30. The molecule has 3 aromatic rings. The van der Waals surface area contributed by atoms with Crippen LogP contribution in [0.4, 0.5) is 15.9 Å². The Labute approximate surface area is 211 Å². The Balaban J connectivity index is 1.61. The van der Waals surface area contributed by atoms with E-state index in [1.165, 1.54) is 6.07 Å². The number of allylic oxidation sites excluding steroid dienone is 1. The van der Waals surface area contributed by atoms with E-state index in [1.54, 1.807) is 12.4 Å². The number of fused-ring (bicyclic) bond motifs is 1. The molecular formula is C28H34FN7. The first kappa shape index (κ1) is 25.3. The van der Waals surface area contributed by atoms with E-state index in [0.717, 1.165) is 47.1 Å². The molecule has 0 atom stereocenters. The van der Waals surface area contributed by atoms with Crippen LogP contribution in [0.2, 0.25) is 0 Å². The van der Waals surface area contributed by atoms with Crippen LogP contribution in [0.3, 0.4) is 0 Å². The number of nitrogen functional groups attached to an aromatic ring is 1. The van der Waals surface area contributed by atoms with Crippen LogP contribution in [0, 0.1) is 12.7 Å². The second kappa shape index (κ2) is 10.1. The molecule has 2 aromatic heterocycles. The number of benzene rings is 1. The maximum absolute atomic E-state index is 15.0. The molecule has 1 aromatic carbocycles. The molecule has 0 saturated carbocycles. The second-order valence-corrected chi connectivity index (χ2v) is 9.81. The van der Waals surface area contributed by atoms with Gasteiger partial charge in [0.15, 0.2) is 5.82 Å². The van der Waals surface area contributed by atoms with Gasteiger partial charge in [-0.2, -0.15) is 5.10 Å². The van der Waals surface area contributed by atoms with Gasteiger partial charge in [-0.15, -0.1) is 0 Å². The Hall–Kier alpha value is -3.78. The predicted molar refractivity (Wildman–Crippen MR) is 147 cm³/mol. The lowest BCUT2D eigenvalue weighted by Crippen LogP contribution is -2.49. The molecule has 0 spiro atoms. The summed E-state index contributed by atoms with van der Waals surface area (Å²) in [6, 6.07) is 5.39. The highest BCUT2D eigenvalue weighted by Crippen LogP contribution is 2.27. The molecule has 0 fully saturated rings. The molecule has 7 nitrogen and oxygen atoms in total. The zero-order valence-electron chi connectivity index (χ0n) is 21.5. The number of nitrogens with one attached hydrogen (secondary N) is 1. The highest BCUT2D eigenvalue weighted by molar-refractivity contribution is 5.72. The summed E-state index contributed by atoms with van der Waals surface area (Å²) < 4.78 is 17.1. The highest BCUT2D eigenvalue weighted by atomic mass is 19.1. The Morgan fingerprint density at radius 2 is 2.00 bits per heavy atom. The van der Waals surface area contributed by atoms with Gasteiger partial charge in [0.2, 0.25) is 0 Å². The minimum atomic E-state index is -0.324. The van der Waals surface area contributed by atoms with Crippen LogP contribution >= 0.6 is 0 Å². The van der Waals surface area contributed by atoms with Crippen LogP contribution in [0.25, 0.3) is 23.3 Å². The van der Waals surface area contributed by atoms with Crippen LogP contribution in [0.15, 0.2) is 47.9 Å². The summed E-state index contributed by atoms with van der Waals surface area (Å²) in [6.07, 6.45) is 6.99. The molecule has 1 aliphatic heterocycles. The van der Waals surface area contributed by atoms with Crippen LogP contribution in [-0.2, 0) is 13.1 Å². The summed E-state index contributed by atoms with van der Waals surface area (Å²) >= 11 is 0. The fraction of sp³-hybridized carbons (Fsp3) is 0.321. The van der Waals surface area contributed by atoms with Crippen molar-refractivity contribution in [3.8, 4) is 11.1 Å². The van der Waals surface area contributed by atoms with Crippen molar-refractivity contribution in [1.82, 2.24) is 19.7 Å². The van der Waals surface area contributed by atoms with Gasteiger partial charge in [0.25, 0.3) is 0 Å². The molecule has 0 amide bonds. The molecule has 0 aliphatic carbocycles. The van der Waals surface area contributed by atoms with Gasteiger partial charge < -0.3 is 11.1 Å². The number of anilines is 2. The smallest absolute Gasteiger partial charge is 0.152 e. The van der Waals surface area contributed by atoms with Crippen LogP contribution < -0.4 is 21.5 Å². The van der Waals surface area contributed by atoms with Crippen LogP contribution in [0.1, 0.15) is 32.0 Å². The average Bonchev–Trinajstić information content (AvgIpc) is 3.23. The molecule has 4 rings (SSSR count). The molecule has 36 heavy (non-hydrogen) atoms. The number of aromatic nitrogens is 3. The molecule has 0 radical (unpaired) electrons. The summed E-state index contributed by atoms with van der Waals surface area (Å²) in [6.45, 7) is 19.1. The minimum Gasteiger partial charge on any atom is -0.397 e. The molecule has 8 heteroatoms. The van der Waals surface area contributed by atoms with Gasteiger partial charge in [-0.05, 0) is 68.6 Å². The van der Waals surface area contributed by atoms with E-state index < -0.39 is 0 Å². The van der Waals surface area contributed by atoms with Gasteiger partial charge in [0, 0.05) is 47.7 Å². The lowest BCUT2D eigenvalue weighted by molar-refractivity contribution is 0.0914. The van der Waals surface area contributed by atoms with E-state index >= 15 is 4.39 Å². The van der Waals surface area contributed by atoms with Crippen molar-refractivity contribution in [2.24, 2.45) is 4.99 Å². The first-order valence-corrected chi connectivity index (χ1v) is 12.0. The lowest BCUT2D eigenvalue weighted by Gasteiger charge is -2.39. The SMILES string of the molecule is C=NCC(C)(C)N1CCn2nc(NC(=C)/C=c3/cc(-c4cncc(N)c4C)c(F)c/c3=C/C)cc2C1. The van der Waals surface area contributed by atoms with E-state index in [4.69, 9.17) is 10.8 Å². The van der Waals surface area contributed by atoms with Crippen molar-refractivity contribution in [1.29, 1.82) is 0 Å². The summed E-state index contributed by atoms with van der Waals surface area (Å²) in [4.78, 5) is 10.7. The zero-order valence-corrected chi connectivity index (χ0v) is 21.5. The molecular weight excluding hydrogens is 453 g/mol. The van der Waals surface area contributed by atoms with Crippen molar-refractivity contribution in [3.63, 3.8) is 0 Å². The van der Waals surface area contributed by atoms with E-state index in [1.807, 2.05) is 42.8 Å². The molecule has 3 heterocycles. The van der Waals surface area contributed by atoms with Gasteiger partial charge in [-0.3, -0.25) is 19.6 Å². The summed E-state index contributed by atoms with van der Waals surface area (Å²) in [5.41, 5.74) is 10.2. The Bertz CT molecular complexity index is 1430. The van der Waals surface area contributed by atoms with Crippen LogP contribution in [-0.4, -0.2) is 45.0 Å². The third-order valence-corrected chi connectivity index (χ3v) is 6.80. The fourth-order valence-electron chi connectivity index (χ4n) is 4.61. The monoisotopic (exact) mass is 487 g/mol. The first-order valence-electron chi connectivity index (χ1n) is 12.0. The standard InChI is InChI=1S/C28H34FN7/c1-7-20-12-25(29)23(24-14-32-15-26(30)19(24)3)11-21(20)10-18(2)33-27-13-22-16-35(8-9-36(22)34-27)28(4,5)17-31-6/h7,10-15H,2,6,8-9,16-17,30H2,1,3-5H3,(H,33,34)/b20-7-,21-10-. The maximum atomic E-state index is 15.0. The summed E-state index contributed by atoms with van der Waals surface area (Å²) in [7, 11) is 0. The van der Waals surface area contributed by atoms with Gasteiger partial charge >= 0.3 is 0 Å². The molecule has 1 aliphatic rings. The van der Waals surface area contributed by atoms with Gasteiger partial charge in [0.1, 0.15) is 5.82 Å². The average molecular weight is 488 g/mol. The zero-order chi connectivity index (χ0) is 26.0. The predicted octanol–water partition coefficient (Wildman–Crippen LogP) is 3.48. The van der Waals surface area contributed by atoms with Crippen molar-refractivity contribution >= 4 is 30.4 Å². The summed E-state index contributed by atoms with van der Waals surface area (Å²) in [5, 5.41) is 9.62. The number of pyridine rings is 1. The normalized spacial score (nSPS) is 15.1. The third kappa shape index (κ3) is 5.09. The maximum Gasteiger partial charge on any atom is 0.152 e. The molecule has 3 N–H and O–H groups in total. The lowest BCUT2D eigenvalue weighted by atomic mass is 9.99. The topological polar surface area (TPSA) is 84.4 Å². The number of halogens is 1. The van der Waals surface area contributed by atoms with E-state index in [0.29, 0.717) is 29.1 Å². The molecule has 0 bridgehead atoms. The number of nitrogens with zero attached hydrogens (tertiary/aromatic N) is 5. The number of aliphatic imine (C=N–C) groups is 1. The molecule has 0 saturated heterocycles. The quantitative estimate of drug-likeness (QED) is 0.499.